The van der Waals surface area contributed by atoms with Crippen molar-refractivity contribution >= 4 is 11.8 Å². The van der Waals surface area contributed by atoms with Gasteiger partial charge >= 0.3 is 0 Å². The smallest absolute Gasteiger partial charge is 0.0550 e. The van der Waals surface area contributed by atoms with Crippen molar-refractivity contribution in [3.05, 3.63) is 60.8 Å². The number of hydrogen-bond donors (Lipinski definition) is 1. The van der Waals surface area contributed by atoms with Crippen LogP contribution in [0.5, 0.6) is 0 Å². The molecular formula is C21H34OS. The molecule has 0 saturated heterocycles. The average molecular weight is 335 g/mol. The monoisotopic (exact) mass is 334 g/mol. The van der Waals surface area contributed by atoms with Crippen molar-refractivity contribution in [2.75, 3.05) is 12.9 Å². The molecule has 2 heteroatoms. The van der Waals surface area contributed by atoms with Crippen LogP contribution in [-0.2, 0) is 0 Å². The van der Waals surface area contributed by atoms with Gasteiger partial charge in [0.1, 0.15) is 0 Å². The van der Waals surface area contributed by atoms with Crippen molar-refractivity contribution in [2.24, 2.45) is 0 Å². The van der Waals surface area contributed by atoms with E-state index in [9.17, 15) is 0 Å². The van der Waals surface area contributed by atoms with Gasteiger partial charge in [-0.3, -0.25) is 0 Å². The lowest BCUT2D eigenvalue weighted by Crippen LogP contribution is -2.06. The van der Waals surface area contributed by atoms with Crippen LogP contribution in [0.3, 0.4) is 0 Å². The maximum atomic E-state index is 9.08. The van der Waals surface area contributed by atoms with Gasteiger partial charge in [0.05, 0.1) is 6.61 Å². The van der Waals surface area contributed by atoms with Crippen molar-refractivity contribution in [2.45, 2.75) is 57.1 Å². The summed E-state index contributed by atoms with van der Waals surface area (Å²) in [5, 5.41) is 9.47. The molecule has 0 rings (SSSR count). The third-order valence-corrected chi connectivity index (χ3v) is 4.40. The molecule has 1 nitrogen and oxygen atoms in total. The number of aliphatic hydroxyl groups is 1. The first-order valence-electron chi connectivity index (χ1n) is 8.73. The van der Waals surface area contributed by atoms with Crippen LogP contribution in [0.25, 0.3) is 0 Å². The molecular weight excluding hydrogens is 300 g/mol. The van der Waals surface area contributed by atoms with Gasteiger partial charge in [-0.05, 0) is 51.2 Å². The maximum Gasteiger partial charge on any atom is 0.0550 e. The fraction of sp³-hybridized carbons (Fsp3) is 0.524. The molecule has 0 aliphatic rings. The predicted octanol–water partition coefficient (Wildman–Crippen LogP) is 6.24. The second-order valence-electron chi connectivity index (χ2n) is 5.33. The summed E-state index contributed by atoms with van der Waals surface area (Å²) >= 11 is 1.74. The number of rotatable bonds is 14. The Balaban J connectivity index is 3.52. The van der Waals surface area contributed by atoms with E-state index in [1.807, 2.05) is 0 Å². The lowest BCUT2D eigenvalue weighted by molar-refractivity contribution is 0.291. The van der Waals surface area contributed by atoms with Crippen LogP contribution in [0.1, 0.15) is 51.9 Å². The van der Waals surface area contributed by atoms with Gasteiger partial charge in [-0.1, -0.05) is 67.7 Å². The van der Waals surface area contributed by atoms with Crippen LogP contribution in [0.2, 0.25) is 0 Å². The van der Waals surface area contributed by atoms with Gasteiger partial charge in [-0.2, -0.15) is 11.8 Å². The van der Waals surface area contributed by atoms with Crippen molar-refractivity contribution in [3.63, 3.8) is 0 Å². The Morgan fingerprint density at radius 2 is 1.17 bits per heavy atom. The molecule has 0 radical (unpaired) electrons. The molecule has 1 atom stereocenters. The van der Waals surface area contributed by atoms with Gasteiger partial charge in [-0.15, -0.1) is 0 Å². The van der Waals surface area contributed by atoms with E-state index in [4.69, 9.17) is 5.11 Å². The van der Waals surface area contributed by atoms with Crippen LogP contribution >= 0.6 is 11.8 Å². The summed E-state index contributed by atoms with van der Waals surface area (Å²) in [5.74, 6) is 0. The van der Waals surface area contributed by atoms with E-state index in [-0.39, 0.29) is 6.61 Å². The zero-order valence-corrected chi connectivity index (χ0v) is 15.7. The van der Waals surface area contributed by atoms with Crippen LogP contribution in [0.4, 0.5) is 0 Å². The largest absolute Gasteiger partial charge is 0.395 e. The summed E-state index contributed by atoms with van der Waals surface area (Å²) in [6.07, 6.45) is 31.5. The number of aliphatic hydroxyl groups excluding tert-OH is 1. The van der Waals surface area contributed by atoms with E-state index < -0.39 is 0 Å². The van der Waals surface area contributed by atoms with Crippen molar-refractivity contribution in [1.82, 2.24) is 0 Å². The standard InChI is InChI=1S/C21H34OS/c1-3-4-5-6-7-8-9-10-11-12-13-14-15-16-17-18-19-21(20-22)23-2/h4-5,7-8,10-11,13-14,16-17,21-22H,3,6,9,12,15,18-20H2,1-2H3/b5-4-,8-7-,11-10-,14-13-,17-16-. The van der Waals surface area contributed by atoms with Crippen LogP contribution in [0, 0.1) is 0 Å². The maximum absolute atomic E-state index is 9.08. The van der Waals surface area contributed by atoms with Crippen LogP contribution < -0.4 is 0 Å². The summed E-state index contributed by atoms with van der Waals surface area (Å²) in [5.41, 5.74) is 0. The van der Waals surface area contributed by atoms with Crippen LogP contribution in [0.15, 0.2) is 60.8 Å². The molecule has 0 aromatic heterocycles. The lowest BCUT2D eigenvalue weighted by Gasteiger charge is -2.07. The van der Waals surface area contributed by atoms with E-state index in [0.29, 0.717) is 5.25 Å². The Morgan fingerprint density at radius 3 is 1.57 bits per heavy atom. The number of allylic oxidation sites excluding steroid dienone is 10. The first kappa shape index (κ1) is 22.0. The number of thioether (sulfide) groups is 1. The lowest BCUT2D eigenvalue weighted by atomic mass is 10.2. The second kappa shape index (κ2) is 19.1. The molecule has 0 amide bonds. The molecule has 0 bridgehead atoms. The molecule has 0 heterocycles. The second-order valence-corrected chi connectivity index (χ2v) is 6.46. The van der Waals surface area contributed by atoms with Crippen molar-refractivity contribution < 1.29 is 5.11 Å². The molecule has 1 unspecified atom stereocenters. The molecule has 0 aromatic rings. The third kappa shape index (κ3) is 17.2. The zero-order valence-electron chi connectivity index (χ0n) is 14.9. The fourth-order valence-corrected chi connectivity index (χ4v) is 2.46. The van der Waals surface area contributed by atoms with Crippen molar-refractivity contribution in [1.29, 1.82) is 0 Å². The predicted molar refractivity (Wildman–Crippen MR) is 108 cm³/mol. The van der Waals surface area contributed by atoms with E-state index in [1.54, 1.807) is 11.8 Å². The van der Waals surface area contributed by atoms with Crippen LogP contribution in [-0.4, -0.2) is 23.2 Å². The van der Waals surface area contributed by atoms with Crippen molar-refractivity contribution in [3.8, 4) is 0 Å². The molecule has 130 valence electrons. The Kier molecular flexibility index (Phi) is 18.2. The molecule has 1 N–H and O–H groups in total. The highest BCUT2D eigenvalue weighted by atomic mass is 32.2. The fourth-order valence-electron chi connectivity index (χ4n) is 1.93. The summed E-state index contributed by atoms with van der Waals surface area (Å²) in [4.78, 5) is 0. The van der Waals surface area contributed by atoms with Gasteiger partial charge in [-0.25, -0.2) is 0 Å². The van der Waals surface area contributed by atoms with Gasteiger partial charge in [0, 0.05) is 5.25 Å². The summed E-state index contributed by atoms with van der Waals surface area (Å²) in [6, 6.07) is 0. The molecule has 0 spiro atoms. The topological polar surface area (TPSA) is 20.2 Å². The van der Waals surface area contributed by atoms with E-state index in [0.717, 1.165) is 44.9 Å². The molecule has 0 fully saturated rings. The van der Waals surface area contributed by atoms with Gasteiger partial charge < -0.3 is 5.11 Å². The van der Waals surface area contributed by atoms with E-state index in [2.05, 4.69) is 73.9 Å². The summed E-state index contributed by atoms with van der Waals surface area (Å²) in [6.45, 7) is 2.44. The quantitative estimate of drug-likeness (QED) is 0.379. The van der Waals surface area contributed by atoms with Gasteiger partial charge in [0.15, 0.2) is 0 Å². The van der Waals surface area contributed by atoms with Gasteiger partial charge in [0.25, 0.3) is 0 Å². The highest BCUT2D eigenvalue weighted by Gasteiger charge is 2.01. The molecule has 0 saturated carbocycles. The Labute approximate surface area is 148 Å². The minimum Gasteiger partial charge on any atom is -0.395 e. The highest BCUT2D eigenvalue weighted by Crippen LogP contribution is 2.12. The minimum atomic E-state index is 0.284. The normalized spacial score (nSPS) is 14.4. The minimum absolute atomic E-state index is 0.284. The first-order chi connectivity index (χ1) is 11.3. The molecule has 23 heavy (non-hydrogen) atoms. The average Bonchev–Trinajstić information content (AvgIpc) is 2.58. The summed E-state index contributed by atoms with van der Waals surface area (Å²) < 4.78 is 0. The molecule has 0 aromatic carbocycles. The Morgan fingerprint density at radius 1 is 0.739 bits per heavy atom. The number of hydrogen-bond acceptors (Lipinski definition) is 2. The molecule has 0 aliphatic carbocycles. The highest BCUT2D eigenvalue weighted by molar-refractivity contribution is 7.99. The Hall–Kier alpha value is -0.990. The summed E-state index contributed by atoms with van der Waals surface area (Å²) in [7, 11) is 0. The SMILES string of the molecule is CC/C=C\C/C=C\C/C=C\C/C=C\C/C=C\CCC(CO)SC. The van der Waals surface area contributed by atoms with Gasteiger partial charge in [0.2, 0.25) is 0 Å². The first-order valence-corrected chi connectivity index (χ1v) is 10.0. The zero-order chi connectivity index (χ0) is 17.0. The van der Waals surface area contributed by atoms with E-state index in [1.165, 1.54) is 0 Å². The molecule has 0 aliphatic heterocycles. The Bertz CT molecular complexity index is 373. The third-order valence-electron chi connectivity index (χ3n) is 3.35. The van der Waals surface area contributed by atoms with E-state index >= 15 is 0 Å².